The summed E-state index contributed by atoms with van der Waals surface area (Å²) in [6.45, 7) is 5.46. The number of piperidine rings is 1. The van der Waals surface area contributed by atoms with Crippen LogP contribution in [0.25, 0.3) is 22.6 Å². The van der Waals surface area contributed by atoms with Crippen molar-refractivity contribution < 1.29 is 4.74 Å². The summed E-state index contributed by atoms with van der Waals surface area (Å²) in [6.07, 6.45) is 7.54. The van der Waals surface area contributed by atoms with E-state index in [1.165, 1.54) is 0 Å². The lowest BCUT2D eigenvalue weighted by atomic mass is 9.73. The van der Waals surface area contributed by atoms with Gasteiger partial charge in [-0.25, -0.2) is 15.0 Å². The smallest absolute Gasteiger partial charge is 0.183 e. The third-order valence-electron chi connectivity index (χ3n) is 8.30. The molecule has 0 amide bonds. The molecular weight excluding hydrogens is 468 g/mol. The van der Waals surface area contributed by atoms with E-state index in [1.54, 1.807) is 6.20 Å². The van der Waals surface area contributed by atoms with E-state index in [2.05, 4.69) is 43.2 Å². The monoisotopic (exact) mass is 498 g/mol. The van der Waals surface area contributed by atoms with Gasteiger partial charge in [-0.1, -0.05) is 0 Å². The predicted octanol–water partition coefficient (Wildman–Crippen LogP) is 2.62. The number of anilines is 3. The maximum Gasteiger partial charge on any atom is 0.183 e. The Labute approximate surface area is 214 Å². The number of hydrogen-bond acceptors (Lipinski definition) is 10. The lowest BCUT2D eigenvalue weighted by Crippen LogP contribution is -2.50. The van der Waals surface area contributed by atoms with E-state index in [1.807, 2.05) is 24.4 Å². The third kappa shape index (κ3) is 3.72. The largest absolute Gasteiger partial charge is 0.376 e. The van der Waals surface area contributed by atoms with Crippen molar-refractivity contribution in [2.75, 3.05) is 36.0 Å². The number of rotatable bonds is 3. The molecule has 7 heterocycles. The van der Waals surface area contributed by atoms with Crippen molar-refractivity contribution in [1.82, 2.24) is 35.3 Å². The van der Waals surface area contributed by atoms with E-state index >= 15 is 0 Å². The summed E-state index contributed by atoms with van der Waals surface area (Å²) < 4.78 is 5.87. The molecule has 11 nitrogen and oxygen atoms in total. The van der Waals surface area contributed by atoms with Crippen molar-refractivity contribution in [3.8, 4) is 11.4 Å². The van der Waals surface area contributed by atoms with Crippen LogP contribution in [-0.2, 0) is 11.2 Å². The zero-order valence-electron chi connectivity index (χ0n) is 20.8. The number of fused-ring (bicyclic) bond motifs is 2. The van der Waals surface area contributed by atoms with Gasteiger partial charge in [0.05, 0.1) is 36.0 Å². The number of nitrogens with one attached hydrogen (secondary N) is 1. The van der Waals surface area contributed by atoms with E-state index in [0.717, 1.165) is 91.8 Å². The average molecular weight is 499 g/mol. The third-order valence-corrected chi connectivity index (χ3v) is 8.30. The van der Waals surface area contributed by atoms with Crippen LogP contribution < -0.4 is 15.5 Å². The molecule has 2 fully saturated rings. The number of ether oxygens (including phenoxy) is 1. The van der Waals surface area contributed by atoms with Crippen LogP contribution in [0.2, 0.25) is 0 Å². The Hall–Kier alpha value is -3.70. The van der Waals surface area contributed by atoms with Crippen LogP contribution in [0.1, 0.15) is 31.9 Å². The summed E-state index contributed by atoms with van der Waals surface area (Å²) in [7, 11) is 0. The molecule has 0 aromatic carbocycles. The van der Waals surface area contributed by atoms with Gasteiger partial charge in [0.25, 0.3) is 0 Å². The highest BCUT2D eigenvalue weighted by Gasteiger charge is 2.47. The summed E-state index contributed by atoms with van der Waals surface area (Å²) >= 11 is 0. The number of aromatic nitrogens is 7. The molecule has 7 rings (SSSR count). The highest BCUT2D eigenvalue weighted by molar-refractivity contribution is 5.87. The lowest BCUT2D eigenvalue weighted by molar-refractivity contribution is 0.0974. The molecule has 3 aliphatic rings. The number of nitrogens with zero attached hydrogens (tertiary/aromatic N) is 8. The first-order valence-electron chi connectivity index (χ1n) is 13.0. The van der Waals surface area contributed by atoms with Crippen molar-refractivity contribution in [3.05, 3.63) is 42.4 Å². The van der Waals surface area contributed by atoms with Crippen LogP contribution in [0.4, 0.5) is 17.3 Å². The molecule has 4 aromatic rings. The summed E-state index contributed by atoms with van der Waals surface area (Å²) in [6, 6.07) is 7.98. The van der Waals surface area contributed by atoms with Gasteiger partial charge in [0.15, 0.2) is 17.0 Å². The highest BCUT2D eigenvalue weighted by Crippen LogP contribution is 2.42. The minimum atomic E-state index is 0.0806. The number of H-pyrrole nitrogens is 1. The first-order chi connectivity index (χ1) is 18.1. The predicted molar refractivity (Wildman–Crippen MR) is 140 cm³/mol. The number of nitrogens with two attached hydrogens (primary N) is 1. The number of aromatic amines is 1. The van der Waals surface area contributed by atoms with Gasteiger partial charge >= 0.3 is 0 Å². The van der Waals surface area contributed by atoms with Crippen LogP contribution in [0, 0.1) is 5.41 Å². The molecular formula is C26H30N10O. The zero-order valence-corrected chi connectivity index (χ0v) is 20.8. The van der Waals surface area contributed by atoms with Crippen molar-refractivity contribution in [3.63, 3.8) is 0 Å². The van der Waals surface area contributed by atoms with E-state index in [-0.39, 0.29) is 17.6 Å². The molecule has 0 saturated carbocycles. The van der Waals surface area contributed by atoms with E-state index < -0.39 is 0 Å². The molecule has 190 valence electrons. The Bertz CT molecular complexity index is 1430. The minimum Gasteiger partial charge on any atom is -0.376 e. The number of hydrogen-bond donors (Lipinski definition) is 2. The fraction of sp³-hybridized carbons (Fsp3) is 0.462. The van der Waals surface area contributed by atoms with Crippen molar-refractivity contribution in [2.24, 2.45) is 11.1 Å². The summed E-state index contributed by atoms with van der Waals surface area (Å²) in [4.78, 5) is 19.1. The quantitative estimate of drug-likeness (QED) is 0.434. The van der Waals surface area contributed by atoms with Gasteiger partial charge in [-0.05, 0) is 56.9 Å². The van der Waals surface area contributed by atoms with Gasteiger partial charge in [0.1, 0.15) is 11.5 Å². The fourth-order valence-electron chi connectivity index (χ4n) is 6.02. The SMILES string of the molecule is C[C@@H]1OCC2(CCN(c3cnc4c(N5CCCc6nc(-c7cccnn7)ccc65)n[nH]c4n3)CC2)[C@@H]1N. The zero-order chi connectivity index (χ0) is 25.0. The van der Waals surface area contributed by atoms with Crippen LogP contribution in [0.15, 0.2) is 36.7 Å². The molecule has 4 aromatic heterocycles. The maximum atomic E-state index is 6.49. The van der Waals surface area contributed by atoms with Crippen molar-refractivity contribution in [1.29, 1.82) is 0 Å². The van der Waals surface area contributed by atoms with Crippen LogP contribution in [-0.4, -0.2) is 73.7 Å². The maximum absolute atomic E-state index is 6.49. The molecule has 3 N–H and O–H groups in total. The molecule has 1 spiro atoms. The first-order valence-corrected chi connectivity index (χ1v) is 13.0. The molecule has 0 radical (unpaired) electrons. The molecule has 0 bridgehead atoms. The summed E-state index contributed by atoms with van der Waals surface area (Å²) in [5.74, 6) is 1.65. The highest BCUT2D eigenvalue weighted by atomic mass is 16.5. The second-order valence-corrected chi connectivity index (χ2v) is 10.4. The Balaban J connectivity index is 1.14. The van der Waals surface area contributed by atoms with Crippen molar-refractivity contribution in [2.45, 2.75) is 44.8 Å². The number of pyridine rings is 1. The standard InChI is InChI=1S/C26H30N10O/c1-16-23(27)26(15-37-16)8-12-35(13-9-26)21-14-28-22-24(31-21)33-34-25(22)36-11-3-5-19-20(36)7-6-17(30-19)18-4-2-10-29-32-18/h2,4,6-7,10,14,16,23H,3,5,8-9,11-13,15,27H2,1H3,(H,31,33,34)/t16-,23+/m0/s1. The Morgan fingerprint density at radius 2 is 2.00 bits per heavy atom. The van der Waals surface area contributed by atoms with Gasteiger partial charge in [-0.15, -0.1) is 5.10 Å². The first kappa shape index (κ1) is 22.5. The van der Waals surface area contributed by atoms with E-state index in [0.29, 0.717) is 5.65 Å². The molecule has 2 atom stereocenters. The van der Waals surface area contributed by atoms with Gasteiger partial charge in [0, 0.05) is 37.3 Å². The fourth-order valence-corrected chi connectivity index (χ4v) is 6.02. The van der Waals surface area contributed by atoms with Gasteiger partial charge in [0.2, 0.25) is 0 Å². The van der Waals surface area contributed by atoms with Gasteiger partial charge < -0.3 is 20.3 Å². The summed E-state index contributed by atoms with van der Waals surface area (Å²) in [5.41, 5.74) is 11.7. The Kier molecular flexibility index (Phi) is 5.29. The second-order valence-electron chi connectivity index (χ2n) is 10.4. The second kappa shape index (κ2) is 8.70. The Morgan fingerprint density at radius 3 is 2.78 bits per heavy atom. The van der Waals surface area contributed by atoms with Gasteiger partial charge in [-0.2, -0.15) is 10.2 Å². The molecule has 0 aliphatic carbocycles. The normalized spacial score (nSPS) is 23.1. The topological polar surface area (TPSA) is 135 Å². The molecule has 0 unspecified atom stereocenters. The molecule has 3 aliphatic heterocycles. The number of aryl methyl sites for hydroxylation is 1. The lowest BCUT2D eigenvalue weighted by Gasteiger charge is -2.41. The molecule has 2 saturated heterocycles. The summed E-state index contributed by atoms with van der Waals surface area (Å²) in [5, 5.41) is 15.9. The van der Waals surface area contributed by atoms with Crippen molar-refractivity contribution >= 4 is 28.5 Å². The van der Waals surface area contributed by atoms with E-state index in [4.69, 9.17) is 25.4 Å². The minimum absolute atomic E-state index is 0.0806. The molecule has 11 heteroatoms. The van der Waals surface area contributed by atoms with Crippen LogP contribution >= 0.6 is 0 Å². The average Bonchev–Trinajstić information content (AvgIpc) is 3.50. The van der Waals surface area contributed by atoms with Gasteiger partial charge in [-0.3, -0.25) is 5.10 Å². The Morgan fingerprint density at radius 1 is 1.11 bits per heavy atom. The molecule has 37 heavy (non-hydrogen) atoms. The van der Waals surface area contributed by atoms with E-state index in [9.17, 15) is 0 Å². The van der Waals surface area contributed by atoms with Crippen LogP contribution in [0.3, 0.4) is 0 Å². The van der Waals surface area contributed by atoms with Crippen LogP contribution in [0.5, 0.6) is 0 Å².